The predicted octanol–water partition coefficient (Wildman–Crippen LogP) is -1.82. The third kappa shape index (κ3) is 3.85. The Balaban J connectivity index is 2.71. The summed E-state index contributed by atoms with van der Waals surface area (Å²) in [6.45, 7) is 6.58. The number of carbonyl (C=O) groups excluding carboxylic acids is 2. The largest absolute Gasteiger partial charge is 0.481 e. The summed E-state index contributed by atoms with van der Waals surface area (Å²) in [5, 5.41) is 33.1. The number of carboxylic acid groups (broad SMARTS) is 1. The van der Waals surface area contributed by atoms with E-state index in [0.717, 1.165) is 0 Å². The molecular formula is C15H27N3O6. The third-order valence-corrected chi connectivity index (χ3v) is 4.73. The number of aliphatic hydroxyl groups excluding tert-OH is 2. The molecule has 0 aromatic rings. The van der Waals surface area contributed by atoms with E-state index in [1.165, 1.54) is 0 Å². The Bertz CT molecular complexity index is 503. The van der Waals surface area contributed by atoms with E-state index in [2.05, 4.69) is 10.6 Å². The lowest BCUT2D eigenvalue weighted by Gasteiger charge is -2.61. The van der Waals surface area contributed by atoms with E-state index in [1.807, 2.05) is 27.7 Å². The summed E-state index contributed by atoms with van der Waals surface area (Å²) in [7, 11) is 0. The minimum atomic E-state index is -1.32. The van der Waals surface area contributed by atoms with Crippen molar-refractivity contribution in [1.29, 1.82) is 0 Å². The average Bonchev–Trinajstić information content (AvgIpc) is 2.47. The first-order valence-electron chi connectivity index (χ1n) is 7.72. The predicted molar refractivity (Wildman–Crippen MR) is 84.7 cm³/mol. The second kappa shape index (κ2) is 7.04. The van der Waals surface area contributed by atoms with Crippen molar-refractivity contribution < 1.29 is 29.7 Å². The van der Waals surface area contributed by atoms with Crippen LogP contribution in [0.1, 0.15) is 34.1 Å². The third-order valence-electron chi connectivity index (χ3n) is 4.73. The Kier molecular flexibility index (Phi) is 5.96. The highest BCUT2D eigenvalue weighted by Gasteiger charge is 2.61. The first kappa shape index (κ1) is 20.3. The molecule has 0 heterocycles. The quantitative estimate of drug-likeness (QED) is 0.316. The van der Waals surface area contributed by atoms with Gasteiger partial charge in [0.1, 0.15) is 6.04 Å². The molecule has 9 nitrogen and oxygen atoms in total. The monoisotopic (exact) mass is 345 g/mol. The van der Waals surface area contributed by atoms with Crippen molar-refractivity contribution in [3.8, 4) is 0 Å². The maximum absolute atomic E-state index is 12.3. The topological polar surface area (TPSA) is 162 Å². The molecule has 0 bridgehead atoms. The summed E-state index contributed by atoms with van der Waals surface area (Å²) in [4.78, 5) is 34.7. The molecule has 9 heteroatoms. The van der Waals surface area contributed by atoms with Crippen LogP contribution < -0.4 is 16.4 Å². The Labute approximate surface area is 140 Å². The number of hydrogen-bond acceptors (Lipinski definition) is 6. The van der Waals surface area contributed by atoms with Gasteiger partial charge in [-0.2, -0.15) is 0 Å². The highest BCUT2D eigenvalue weighted by molar-refractivity contribution is 5.91. The van der Waals surface area contributed by atoms with Gasteiger partial charge in [-0.15, -0.1) is 0 Å². The number of rotatable bonds is 7. The summed E-state index contributed by atoms with van der Waals surface area (Å²) in [6, 6.07) is -2.92. The van der Waals surface area contributed by atoms with Crippen molar-refractivity contribution in [3.05, 3.63) is 0 Å². The molecule has 0 saturated heterocycles. The number of amides is 2. The Morgan fingerprint density at radius 3 is 2.04 bits per heavy atom. The van der Waals surface area contributed by atoms with Gasteiger partial charge in [0, 0.05) is 16.9 Å². The van der Waals surface area contributed by atoms with Gasteiger partial charge in [0.25, 0.3) is 0 Å². The van der Waals surface area contributed by atoms with Crippen LogP contribution in [0.2, 0.25) is 0 Å². The molecule has 1 rings (SSSR count). The lowest BCUT2D eigenvalue weighted by Crippen LogP contribution is -2.74. The van der Waals surface area contributed by atoms with Gasteiger partial charge < -0.3 is 31.7 Å². The van der Waals surface area contributed by atoms with Crippen LogP contribution in [0, 0.1) is 10.8 Å². The number of nitrogens with two attached hydrogens (primary N) is 1. The maximum Gasteiger partial charge on any atom is 0.305 e. The van der Waals surface area contributed by atoms with Crippen molar-refractivity contribution in [3.63, 3.8) is 0 Å². The normalized spacial score (nSPS) is 26.6. The van der Waals surface area contributed by atoms with Gasteiger partial charge in [-0.3, -0.25) is 14.4 Å². The van der Waals surface area contributed by atoms with E-state index in [0.29, 0.717) is 0 Å². The lowest BCUT2D eigenvalue weighted by atomic mass is 9.49. The zero-order valence-electron chi connectivity index (χ0n) is 14.4. The van der Waals surface area contributed by atoms with E-state index >= 15 is 0 Å². The lowest BCUT2D eigenvalue weighted by molar-refractivity contribution is -0.186. The fourth-order valence-corrected chi connectivity index (χ4v) is 3.51. The van der Waals surface area contributed by atoms with E-state index < -0.39 is 59.8 Å². The first-order chi connectivity index (χ1) is 10.9. The van der Waals surface area contributed by atoms with E-state index in [-0.39, 0.29) is 6.04 Å². The van der Waals surface area contributed by atoms with Crippen LogP contribution in [-0.2, 0) is 14.4 Å². The zero-order chi connectivity index (χ0) is 18.9. The van der Waals surface area contributed by atoms with Crippen LogP contribution in [0.25, 0.3) is 0 Å². The van der Waals surface area contributed by atoms with Gasteiger partial charge >= 0.3 is 5.97 Å². The standard InChI is InChI=1S/C15H27N3O6/c1-14(2)12(15(3,4)13(14)24)18-11(23)8(6-19)17-10(22)7(16)5-9(20)21/h7-8,12-13,19,24H,5-6,16H2,1-4H3,(H,17,22)(H,18,23)(H,20,21)/t7-,8+,12?,13?/m0/s1. The van der Waals surface area contributed by atoms with Crippen LogP contribution in [0.3, 0.4) is 0 Å². The second-order valence-corrected chi connectivity index (χ2v) is 7.43. The van der Waals surface area contributed by atoms with Crippen LogP contribution in [-0.4, -0.2) is 63.9 Å². The number of nitrogens with one attached hydrogen (secondary N) is 2. The molecule has 2 atom stereocenters. The second-order valence-electron chi connectivity index (χ2n) is 7.43. The van der Waals surface area contributed by atoms with E-state index in [4.69, 9.17) is 10.8 Å². The Morgan fingerprint density at radius 1 is 1.12 bits per heavy atom. The van der Waals surface area contributed by atoms with Crippen molar-refractivity contribution in [1.82, 2.24) is 10.6 Å². The van der Waals surface area contributed by atoms with Gasteiger partial charge in [-0.25, -0.2) is 0 Å². The van der Waals surface area contributed by atoms with Gasteiger partial charge in [0.05, 0.1) is 25.2 Å². The van der Waals surface area contributed by atoms with Crippen molar-refractivity contribution in [2.75, 3.05) is 6.61 Å². The Morgan fingerprint density at radius 2 is 1.62 bits per heavy atom. The average molecular weight is 345 g/mol. The number of aliphatic carboxylic acids is 1. The van der Waals surface area contributed by atoms with E-state index in [1.54, 1.807) is 0 Å². The molecule has 0 aromatic carbocycles. The molecule has 0 aliphatic heterocycles. The van der Waals surface area contributed by atoms with Crippen molar-refractivity contribution in [2.24, 2.45) is 16.6 Å². The molecular weight excluding hydrogens is 318 g/mol. The van der Waals surface area contributed by atoms with Crippen molar-refractivity contribution in [2.45, 2.75) is 58.3 Å². The summed E-state index contributed by atoms with van der Waals surface area (Å²) in [5.74, 6) is -2.69. The molecule has 1 fully saturated rings. The van der Waals surface area contributed by atoms with Crippen LogP contribution in [0.5, 0.6) is 0 Å². The molecule has 138 valence electrons. The SMILES string of the molecule is CC1(C)C(O)C(C)(C)C1NC(=O)[C@@H](CO)NC(=O)[C@@H](N)CC(=O)O. The van der Waals surface area contributed by atoms with Gasteiger partial charge in [0.15, 0.2) is 0 Å². The summed E-state index contributed by atoms with van der Waals surface area (Å²) in [6.07, 6.45) is -1.19. The molecule has 1 saturated carbocycles. The number of hydrogen-bond donors (Lipinski definition) is 6. The molecule has 7 N–H and O–H groups in total. The summed E-state index contributed by atoms with van der Waals surface area (Å²) < 4.78 is 0. The van der Waals surface area contributed by atoms with Crippen LogP contribution in [0.4, 0.5) is 0 Å². The fraction of sp³-hybridized carbons (Fsp3) is 0.800. The number of aliphatic hydroxyl groups is 2. The molecule has 1 aliphatic carbocycles. The van der Waals surface area contributed by atoms with Crippen molar-refractivity contribution >= 4 is 17.8 Å². The van der Waals surface area contributed by atoms with Gasteiger partial charge in [-0.1, -0.05) is 27.7 Å². The fourth-order valence-electron chi connectivity index (χ4n) is 3.51. The Hall–Kier alpha value is -1.71. The molecule has 2 amide bonds. The minimum Gasteiger partial charge on any atom is -0.481 e. The first-order valence-corrected chi connectivity index (χ1v) is 7.72. The molecule has 0 spiro atoms. The minimum absolute atomic E-state index is 0.355. The maximum atomic E-state index is 12.3. The molecule has 1 aliphatic rings. The van der Waals surface area contributed by atoms with Gasteiger partial charge in [-0.05, 0) is 0 Å². The van der Waals surface area contributed by atoms with Crippen LogP contribution >= 0.6 is 0 Å². The highest BCUT2D eigenvalue weighted by Crippen LogP contribution is 2.53. The van der Waals surface area contributed by atoms with Crippen LogP contribution in [0.15, 0.2) is 0 Å². The smallest absolute Gasteiger partial charge is 0.305 e. The molecule has 24 heavy (non-hydrogen) atoms. The molecule has 0 aromatic heterocycles. The number of carboxylic acids is 1. The molecule has 0 unspecified atom stereocenters. The van der Waals surface area contributed by atoms with E-state index in [9.17, 15) is 24.6 Å². The number of carbonyl (C=O) groups is 3. The highest BCUT2D eigenvalue weighted by atomic mass is 16.4. The summed E-state index contributed by atoms with van der Waals surface area (Å²) >= 11 is 0. The summed E-state index contributed by atoms with van der Waals surface area (Å²) in [5.41, 5.74) is 4.32. The zero-order valence-corrected chi connectivity index (χ0v) is 14.4. The molecule has 0 radical (unpaired) electrons. The van der Waals surface area contributed by atoms with Gasteiger partial charge in [0.2, 0.25) is 11.8 Å².